The molecule has 3 aromatic carbocycles. The van der Waals surface area contributed by atoms with Gasteiger partial charge in [-0.05, 0) is 61.4 Å². The molecule has 0 aliphatic carbocycles. The van der Waals surface area contributed by atoms with Gasteiger partial charge in [0.15, 0.2) is 0 Å². The van der Waals surface area contributed by atoms with Gasteiger partial charge < -0.3 is 28.4 Å². The largest absolute Gasteiger partial charge is 0.515 e. The second kappa shape index (κ2) is 13.1. The maximum atomic E-state index is 12.9. The molecule has 0 N–H and O–H groups in total. The van der Waals surface area contributed by atoms with Gasteiger partial charge in [0.25, 0.3) is 0 Å². The lowest BCUT2D eigenvalue weighted by molar-refractivity contribution is -0.116. The van der Waals surface area contributed by atoms with E-state index >= 15 is 0 Å². The maximum absolute atomic E-state index is 12.9. The molecule has 0 saturated heterocycles. The van der Waals surface area contributed by atoms with E-state index in [1.165, 1.54) is 0 Å². The van der Waals surface area contributed by atoms with Gasteiger partial charge in [0, 0.05) is 36.2 Å². The average Bonchev–Trinajstić information content (AvgIpc) is 3.59. The molecule has 0 fully saturated rings. The predicted molar refractivity (Wildman–Crippen MR) is 168 cm³/mol. The summed E-state index contributed by atoms with van der Waals surface area (Å²) in [6.07, 6.45) is 0.990. The minimum Gasteiger partial charge on any atom is -0.497 e. The zero-order valence-electron chi connectivity index (χ0n) is 24.9. The molecule has 5 aromatic rings. The molecular weight excluding hydrogens is 568 g/mol. The Balaban J connectivity index is 1.79. The van der Waals surface area contributed by atoms with E-state index in [9.17, 15) is 9.59 Å². The van der Waals surface area contributed by atoms with E-state index in [0.29, 0.717) is 35.7 Å². The fourth-order valence-corrected chi connectivity index (χ4v) is 5.65. The van der Waals surface area contributed by atoms with E-state index in [1.807, 2.05) is 53.1 Å². The standard InChI is InChI=1S/C32H34N4O6S/c1-6-8-15-35(20(3)37)22-10-14-28-25(17-22)30(24-12-11-23(39-4)18-29(24)40-5)31(42-32(38)41-7-2)36(28)19-21-9-13-26-27(16-21)34-43-33-26/h9-14,16-18H,6-8,15,19H2,1-5H3. The quantitative estimate of drug-likeness (QED) is 0.148. The Hall–Kier alpha value is -4.64. The zero-order valence-corrected chi connectivity index (χ0v) is 25.7. The Morgan fingerprint density at radius 3 is 2.49 bits per heavy atom. The van der Waals surface area contributed by atoms with Crippen LogP contribution in [0.2, 0.25) is 0 Å². The van der Waals surface area contributed by atoms with Crippen LogP contribution in [0.4, 0.5) is 10.5 Å². The number of benzene rings is 3. The van der Waals surface area contributed by atoms with Gasteiger partial charge in [-0.3, -0.25) is 4.79 Å². The lowest BCUT2D eigenvalue weighted by Crippen LogP contribution is -2.29. The molecule has 0 radical (unpaired) electrons. The normalized spacial score (nSPS) is 11.1. The van der Waals surface area contributed by atoms with Gasteiger partial charge in [-0.15, -0.1) is 0 Å². The third kappa shape index (κ3) is 6.12. The zero-order chi connectivity index (χ0) is 30.5. The number of ether oxygens (including phenoxy) is 4. The Morgan fingerprint density at radius 2 is 1.77 bits per heavy atom. The van der Waals surface area contributed by atoms with Crippen LogP contribution in [0.3, 0.4) is 0 Å². The summed E-state index contributed by atoms with van der Waals surface area (Å²) in [7, 11) is 3.16. The van der Waals surface area contributed by atoms with Crippen LogP contribution in [0.1, 0.15) is 39.2 Å². The van der Waals surface area contributed by atoms with E-state index in [2.05, 4.69) is 15.7 Å². The van der Waals surface area contributed by atoms with Crippen LogP contribution in [-0.2, 0) is 16.1 Å². The number of carbonyl (C=O) groups is 2. The fraction of sp³-hybridized carbons (Fsp3) is 0.312. The van der Waals surface area contributed by atoms with Crippen molar-refractivity contribution in [2.75, 3.05) is 32.3 Å². The highest BCUT2D eigenvalue weighted by Crippen LogP contribution is 2.46. The fourth-order valence-electron chi connectivity index (χ4n) is 5.13. The van der Waals surface area contributed by atoms with Gasteiger partial charge in [-0.2, -0.15) is 8.75 Å². The molecule has 0 aliphatic heterocycles. The Labute approximate surface area is 254 Å². The molecule has 1 amide bonds. The molecule has 0 aliphatic rings. The molecule has 0 bridgehead atoms. The SMILES string of the molecule is CCCCN(C(C)=O)c1ccc2c(c1)c(-c1ccc(OC)cc1OC)c(OC(=O)OCC)n2Cc1ccc2nsnc2c1. The van der Waals surface area contributed by atoms with Crippen molar-refractivity contribution in [2.24, 2.45) is 0 Å². The lowest BCUT2D eigenvalue weighted by atomic mass is 10.0. The monoisotopic (exact) mass is 602 g/mol. The van der Waals surface area contributed by atoms with Crippen molar-refractivity contribution in [1.29, 1.82) is 0 Å². The van der Waals surface area contributed by atoms with Crippen molar-refractivity contribution in [1.82, 2.24) is 13.3 Å². The van der Waals surface area contributed by atoms with Crippen LogP contribution in [-0.4, -0.2) is 52.7 Å². The smallest absolute Gasteiger partial charge is 0.497 e. The average molecular weight is 603 g/mol. The molecule has 2 heterocycles. The Morgan fingerprint density at radius 1 is 0.953 bits per heavy atom. The van der Waals surface area contributed by atoms with Gasteiger partial charge in [0.2, 0.25) is 11.8 Å². The maximum Gasteiger partial charge on any atom is 0.515 e. The van der Waals surface area contributed by atoms with E-state index in [1.54, 1.807) is 39.0 Å². The first kappa shape index (κ1) is 29.8. The number of unbranched alkanes of at least 4 members (excludes halogenated alkanes) is 1. The number of amides is 1. The third-order valence-electron chi connectivity index (χ3n) is 7.21. The number of nitrogens with zero attached hydrogens (tertiary/aromatic N) is 4. The first-order valence-corrected chi connectivity index (χ1v) is 14.8. The number of methoxy groups -OCH3 is 2. The van der Waals surface area contributed by atoms with Gasteiger partial charge in [-0.1, -0.05) is 19.4 Å². The van der Waals surface area contributed by atoms with Gasteiger partial charge >= 0.3 is 6.16 Å². The van der Waals surface area contributed by atoms with Gasteiger partial charge in [0.05, 0.1) is 50.2 Å². The number of rotatable bonds is 11. The summed E-state index contributed by atoms with van der Waals surface area (Å²) in [6.45, 7) is 6.49. The Kier molecular flexibility index (Phi) is 9.10. The van der Waals surface area contributed by atoms with Crippen LogP contribution >= 0.6 is 11.7 Å². The minimum atomic E-state index is -0.826. The summed E-state index contributed by atoms with van der Waals surface area (Å²) in [6, 6.07) is 17.2. The molecule has 5 rings (SSSR count). The highest BCUT2D eigenvalue weighted by molar-refractivity contribution is 7.00. The first-order chi connectivity index (χ1) is 20.9. The second-order valence-corrected chi connectivity index (χ2v) is 10.5. The van der Waals surface area contributed by atoms with Crippen LogP contribution in [0.15, 0.2) is 54.6 Å². The predicted octanol–water partition coefficient (Wildman–Crippen LogP) is 7.07. The number of hydrogen-bond donors (Lipinski definition) is 0. The number of carbonyl (C=O) groups excluding carboxylic acids is 2. The molecule has 0 unspecified atom stereocenters. The van der Waals surface area contributed by atoms with Gasteiger partial charge in [0.1, 0.15) is 22.5 Å². The number of hydrogen-bond acceptors (Lipinski definition) is 9. The topological polar surface area (TPSA) is 105 Å². The number of aromatic nitrogens is 3. The molecule has 0 saturated carbocycles. The first-order valence-electron chi connectivity index (χ1n) is 14.1. The van der Waals surface area contributed by atoms with Crippen LogP contribution in [0, 0.1) is 0 Å². The van der Waals surface area contributed by atoms with Crippen molar-refractivity contribution in [3.63, 3.8) is 0 Å². The summed E-state index contributed by atoms with van der Waals surface area (Å²) in [5.41, 5.74) is 5.41. The highest BCUT2D eigenvalue weighted by Gasteiger charge is 2.27. The summed E-state index contributed by atoms with van der Waals surface area (Å²) >= 11 is 1.16. The van der Waals surface area contributed by atoms with Crippen LogP contribution in [0.25, 0.3) is 33.1 Å². The van der Waals surface area contributed by atoms with E-state index < -0.39 is 6.16 Å². The van der Waals surface area contributed by atoms with Crippen molar-refractivity contribution in [3.05, 3.63) is 60.2 Å². The number of anilines is 1. The molecule has 0 atom stereocenters. The molecule has 0 spiro atoms. The highest BCUT2D eigenvalue weighted by atomic mass is 32.1. The number of fused-ring (bicyclic) bond motifs is 2. The van der Waals surface area contributed by atoms with E-state index in [0.717, 1.165) is 57.8 Å². The summed E-state index contributed by atoms with van der Waals surface area (Å²) in [4.78, 5) is 27.4. The van der Waals surface area contributed by atoms with E-state index in [4.69, 9.17) is 18.9 Å². The molecule has 43 heavy (non-hydrogen) atoms. The summed E-state index contributed by atoms with van der Waals surface area (Å²) in [5.74, 6) is 1.38. The molecular formula is C32H34N4O6S. The minimum absolute atomic E-state index is 0.0519. The van der Waals surface area contributed by atoms with E-state index in [-0.39, 0.29) is 18.4 Å². The molecule has 224 valence electrons. The molecule has 2 aromatic heterocycles. The Bertz CT molecular complexity index is 1780. The van der Waals surface area contributed by atoms with Crippen LogP contribution in [0.5, 0.6) is 17.4 Å². The van der Waals surface area contributed by atoms with Crippen molar-refractivity contribution < 1.29 is 28.5 Å². The summed E-state index contributed by atoms with van der Waals surface area (Å²) < 4.78 is 33.1. The van der Waals surface area contributed by atoms with Crippen molar-refractivity contribution in [2.45, 2.75) is 40.2 Å². The lowest BCUT2D eigenvalue weighted by Gasteiger charge is -2.21. The second-order valence-electron chi connectivity index (χ2n) is 9.93. The van der Waals surface area contributed by atoms with Crippen LogP contribution < -0.4 is 19.1 Å². The van der Waals surface area contributed by atoms with Gasteiger partial charge in [-0.25, -0.2) is 4.79 Å². The third-order valence-corrected chi connectivity index (χ3v) is 7.76. The van der Waals surface area contributed by atoms with Crippen molar-refractivity contribution >= 4 is 51.4 Å². The summed E-state index contributed by atoms with van der Waals surface area (Å²) in [5, 5.41) is 0.777. The van der Waals surface area contributed by atoms with Crippen molar-refractivity contribution in [3.8, 4) is 28.5 Å². The molecule has 10 nitrogen and oxygen atoms in total. The molecule has 11 heteroatoms.